The minimum atomic E-state index is 0.449. The van der Waals surface area contributed by atoms with Crippen molar-refractivity contribution >= 4 is 17.7 Å². The maximum absolute atomic E-state index is 8.65. The molecule has 90 valence electrons. The molecule has 0 unspecified atom stereocenters. The zero-order valence-corrected chi connectivity index (χ0v) is 10.5. The Hall–Kier alpha value is -1.22. The molecule has 1 saturated heterocycles. The fourth-order valence-corrected chi connectivity index (χ4v) is 2.91. The van der Waals surface area contributed by atoms with Crippen LogP contribution in [-0.2, 0) is 0 Å². The van der Waals surface area contributed by atoms with Crippen LogP contribution in [0.15, 0.2) is 5.16 Å². The van der Waals surface area contributed by atoms with Crippen LogP contribution in [0, 0.1) is 11.3 Å². The van der Waals surface area contributed by atoms with Gasteiger partial charge in [0.15, 0.2) is 5.16 Å². The minimum absolute atomic E-state index is 0.449. The SMILES string of the molecule is N#CCSc1nnc(N2CCCC2)n1C1CC1. The van der Waals surface area contributed by atoms with E-state index in [4.69, 9.17) is 5.26 Å². The number of nitrogens with zero attached hydrogens (tertiary/aromatic N) is 5. The molecule has 2 fully saturated rings. The van der Waals surface area contributed by atoms with Crippen LogP contribution in [0.5, 0.6) is 0 Å². The molecule has 3 rings (SSSR count). The molecule has 0 atom stereocenters. The van der Waals surface area contributed by atoms with Gasteiger partial charge in [-0.1, -0.05) is 11.8 Å². The van der Waals surface area contributed by atoms with Crippen LogP contribution in [0.3, 0.4) is 0 Å². The summed E-state index contributed by atoms with van der Waals surface area (Å²) >= 11 is 1.50. The molecule has 1 aliphatic heterocycles. The van der Waals surface area contributed by atoms with Crippen molar-refractivity contribution < 1.29 is 0 Å². The molecule has 0 spiro atoms. The van der Waals surface area contributed by atoms with E-state index in [1.807, 2.05) is 0 Å². The first kappa shape index (κ1) is 10.9. The molecule has 0 N–H and O–H groups in total. The van der Waals surface area contributed by atoms with Crippen molar-refractivity contribution in [3.63, 3.8) is 0 Å². The van der Waals surface area contributed by atoms with Crippen LogP contribution >= 0.6 is 11.8 Å². The number of hydrogen-bond acceptors (Lipinski definition) is 5. The van der Waals surface area contributed by atoms with Gasteiger partial charge in [-0.05, 0) is 25.7 Å². The van der Waals surface area contributed by atoms with E-state index in [2.05, 4.69) is 25.7 Å². The Morgan fingerprint density at radius 1 is 1.29 bits per heavy atom. The second-order valence-electron chi connectivity index (χ2n) is 4.52. The Labute approximate surface area is 105 Å². The van der Waals surface area contributed by atoms with E-state index in [1.54, 1.807) is 0 Å². The van der Waals surface area contributed by atoms with E-state index < -0.39 is 0 Å². The van der Waals surface area contributed by atoms with E-state index >= 15 is 0 Å². The monoisotopic (exact) mass is 249 g/mol. The molecule has 2 heterocycles. The normalized spacial score (nSPS) is 19.6. The number of thioether (sulfide) groups is 1. The van der Waals surface area contributed by atoms with Gasteiger partial charge in [0.05, 0.1) is 11.8 Å². The molecule has 2 aliphatic rings. The summed E-state index contributed by atoms with van der Waals surface area (Å²) in [4.78, 5) is 2.32. The highest BCUT2D eigenvalue weighted by Gasteiger charge is 2.32. The van der Waals surface area contributed by atoms with Gasteiger partial charge in [-0.3, -0.25) is 4.57 Å². The van der Waals surface area contributed by atoms with Crippen LogP contribution in [0.2, 0.25) is 0 Å². The average Bonchev–Trinajstić information content (AvgIpc) is 2.90. The van der Waals surface area contributed by atoms with Crippen molar-refractivity contribution in [1.82, 2.24) is 14.8 Å². The Kier molecular flexibility index (Phi) is 2.93. The molecule has 0 bridgehead atoms. The van der Waals surface area contributed by atoms with Crippen LogP contribution in [-0.4, -0.2) is 33.6 Å². The summed E-state index contributed by atoms with van der Waals surface area (Å²) in [6.07, 6.45) is 4.94. The van der Waals surface area contributed by atoms with Gasteiger partial charge in [0.2, 0.25) is 5.95 Å². The van der Waals surface area contributed by atoms with Crippen LogP contribution in [0.4, 0.5) is 5.95 Å². The van der Waals surface area contributed by atoms with Gasteiger partial charge in [-0.25, -0.2) is 0 Å². The summed E-state index contributed by atoms with van der Waals surface area (Å²) in [5.41, 5.74) is 0. The van der Waals surface area contributed by atoms with Gasteiger partial charge < -0.3 is 4.90 Å². The first-order valence-corrected chi connectivity index (χ1v) is 7.08. The molecular weight excluding hydrogens is 234 g/mol. The van der Waals surface area contributed by atoms with E-state index in [9.17, 15) is 0 Å². The van der Waals surface area contributed by atoms with Gasteiger partial charge in [-0.15, -0.1) is 10.2 Å². The van der Waals surface area contributed by atoms with Gasteiger partial charge in [-0.2, -0.15) is 5.26 Å². The Balaban J connectivity index is 1.87. The predicted molar refractivity (Wildman–Crippen MR) is 66.1 cm³/mol. The standard InChI is InChI=1S/C11H15N5S/c12-5-8-17-11-14-13-10(15-6-1-2-7-15)16(11)9-3-4-9/h9H,1-4,6-8H2. The molecule has 0 amide bonds. The Bertz CT molecular complexity index is 439. The highest BCUT2D eigenvalue weighted by atomic mass is 32.2. The van der Waals surface area contributed by atoms with E-state index in [1.165, 1.54) is 37.4 Å². The van der Waals surface area contributed by atoms with Crippen molar-refractivity contribution in [2.45, 2.75) is 36.9 Å². The van der Waals surface area contributed by atoms with Crippen LogP contribution in [0.1, 0.15) is 31.7 Å². The fourth-order valence-electron chi connectivity index (χ4n) is 2.25. The molecule has 1 aliphatic carbocycles. The van der Waals surface area contributed by atoms with Gasteiger partial charge >= 0.3 is 0 Å². The molecule has 6 heteroatoms. The number of rotatable bonds is 4. The zero-order chi connectivity index (χ0) is 11.7. The lowest BCUT2D eigenvalue weighted by Gasteiger charge is -2.17. The summed E-state index contributed by atoms with van der Waals surface area (Å²) in [7, 11) is 0. The second kappa shape index (κ2) is 4.57. The van der Waals surface area contributed by atoms with Gasteiger partial charge in [0.25, 0.3) is 0 Å². The molecule has 1 aromatic heterocycles. The lowest BCUT2D eigenvalue weighted by atomic mass is 10.4. The van der Waals surface area contributed by atoms with Gasteiger partial charge in [0.1, 0.15) is 0 Å². The average molecular weight is 249 g/mol. The second-order valence-corrected chi connectivity index (χ2v) is 5.47. The minimum Gasteiger partial charge on any atom is -0.341 e. The third kappa shape index (κ3) is 2.12. The Morgan fingerprint density at radius 2 is 2.06 bits per heavy atom. The number of hydrogen-bond donors (Lipinski definition) is 0. The smallest absolute Gasteiger partial charge is 0.228 e. The number of nitriles is 1. The molecule has 1 saturated carbocycles. The van der Waals surface area contributed by atoms with Crippen molar-refractivity contribution in [1.29, 1.82) is 5.26 Å². The highest BCUT2D eigenvalue weighted by Crippen LogP contribution is 2.41. The number of anilines is 1. The van der Waals surface area contributed by atoms with Crippen molar-refractivity contribution in [2.24, 2.45) is 0 Å². The summed E-state index contributed by atoms with van der Waals surface area (Å²) in [5.74, 6) is 1.47. The Morgan fingerprint density at radius 3 is 2.71 bits per heavy atom. The maximum Gasteiger partial charge on any atom is 0.228 e. The van der Waals surface area contributed by atoms with Crippen molar-refractivity contribution in [3.8, 4) is 6.07 Å². The molecule has 17 heavy (non-hydrogen) atoms. The first-order chi connectivity index (χ1) is 8.40. The molecule has 0 aromatic carbocycles. The quantitative estimate of drug-likeness (QED) is 0.762. The maximum atomic E-state index is 8.65. The van der Waals surface area contributed by atoms with Gasteiger partial charge in [0, 0.05) is 19.1 Å². The summed E-state index contributed by atoms with van der Waals surface area (Å²) in [5, 5.41) is 18.1. The lowest BCUT2D eigenvalue weighted by Crippen LogP contribution is -2.22. The number of aromatic nitrogens is 3. The summed E-state index contributed by atoms with van der Waals surface area (Å²) < 4.78 is 2.24. The molecule has 1 aromatic rings. The van der Waals surface area contributed by atoms with Crippen molar-refractivity contribution in [2.75, 3.05) is 23.7 Å². The van der Waals surface area contributed by atoms with E-state index in [0.29, 0.717) is 11.8 Å². The first-order valence-electron chi connectivity index (χ1n) is 6.10. The largest absolute Gasteiger partial charge is 0.341 e. The van der Waals surface area contributed by atoms with Crippen LogP contribution < -0.4 is 4.90 Å². The summed E-state index contributed by atoms with van der Waals surface area (Å²) in [6, 6.07) is 2.72. The lowest BCUT2D eigenvalue weighted by molar-refractivity contribution is 0.652. The molecule has 5 nitrogen and oxygen atoms in total. The molecule has 0 radical (unpaired) electrons. The molecular formula is C11H15N5S. The highest BCUT2D eigenvalue weighted by molar-refractivity contribution is 7.99. The third-order valence-corrected chi connectivity index (χ3v) is 4.02. The topological polar surface area (TPSA) is 57.7 Å². The van der Waals surface area contributed by atoms with E-state index in [-0.39, 0.29) is 0 Å². The van der Waals surface area contributed by atoms with E-state index in [0.717, 1.165) is 24.2 Å². The van der Waals surface area contributed by atoms with Crippen molar-refractivity contribution in [3.05, 3.63) is 0 Å². The zero-order valence-electron chi connectivity index (χ0n) is 9.67. The van der Waals surface area contributed by atoms with Crippen LogP contribution in [0.25, 0.3) is 0 Å². The third-order valence-electron chi connectivity index (χ3n) is 3.21. The predicted octanol–water partition coefficient (Wildman–Crippen LogP) is 1.83. The fraction of sp³-hybridized carbons (Fsp3) is 0.727. The summed E-state index contributed by atoms with van der Waals surface area (Å²) in [6.45, 7) is 2.18.